The van der Waals surface area contributed by atoms with Crippen LogP contribution < -0.4 is 10.6 Å². The number of rotatable bonds is 7. The van der Waals surface area contributed by atoms with Gasteiger partial charge in [0.2, 0.25) is 10.0 Å². The topological polar surface area (TPSA) is 73.8 Å². The molecule has 0 saturated carbocycles. The van der Waals surface area contributed by atoms with Crippen LogP contribution in [0, 0.1) is 6.92 Å². The van der Waals surface area contributed by atoms with E-state index in [0.717, 1.165) is 6.54 Å². The van der Waals surface area contributed by atoms with Gasteiger partial charge in [0.1, 0.15) is 0 Å². The van der Waals surface area contributed by atoms with Crippen LogP contribution >= 0.6 is 35.3 Å². The van der Waals surface area contributed by atoms with Crippen molar-refractivity contribution in [1.82, 2.24) is 14.9 Å². The van der Waals surface area contributed by atoms with Gasteiger partial charge in [-0.25, -0.2) is 17.7 Å². The van der Waals surface area contributed by atoms with Crippen molar-refractivity contribution in [3.63, 3.8) is 0 Å². The van der Waals surface area contributed by atoms with Crippen molar-refractivity contribution < 1.29 is 8.42 Å². The van der Waals surface area contributed by atoms with Gasteiger partial charge in [0.05, 0.1) is 18.0 Å². The highest BCUT2D eigenvalue weighted by Crippen LogP contribution is 2.19. The minimum atomic E-state index is -3.50. The SMILES string of the molecule is CCNC(=NCc1ccccc1S(=O)(=O)N(C)C)NCc1ccc(C)s1.I. The van der Waals surface area contributed by atoms with E-state index < -0.39 is 10.0 Å². The first kappa shape index (κ1) is 23.9. The smallest absolute Gasteiger partial charge is 0.242 e. The molecule has 0 spiro atoms. The lowest BCUT2D eigenvalue weighted by Gasteiger charge is -2.15. The number of halogens is 1. The standard InChI is InChI=1S/C18H26N4O2S2.HI/c1-5-19-18(21-13-16-11-10-14(2)25-16)20-12-15-8-6-7-9-17(15)26(23,24)22(3)4;/h6-11H,5,12-13H2,1-4H3,(H2,19,20,21);1H. The normalized spacial score (nSPS) is 12.0. The van der Waals surface area contributed by atoms with Crippen LogP contribution in [-0.4, -0.2) is 39.3 Å². The molecular weight excluding hydrogens is 495 g/mol. The van der Waals surface area contributed by atoms with Crippen LogP contribution in [0.15, 0.2) is 46.3 Å². The van der Waals surface area contributed by atoms with Gasteiger partial charge in [0.25, 0.3) is 0 Å². The Morgan fingerprint density at radius 2 is 1.85 bits per heavy atom. The highest BCUT2D eigenvalue weighted by molar-refractivity contribution is 14.0. The highest BCUT2D eigenvalue weighted by atomic mass is 127. The lowest BCUT2D eigenvalue weighted by molar-refractivity contribution is 0.519. The van der Waals surface area contributed by atoms with Gasteiger partial charge in [-0.3, -0.25) is 0 Å². The fraction of sp³-hybridized carbons (Fsp3) is 0.389. The third-order valence-electron chi connectivity index (χ3n) is 3.71. The van der Waals surface area contributed by atoms with Crippen LogP contribution in [0.5, 0.6) is 0 Å². The molecule has 150 valence electrons. The molecule has 1 aromatic heterocycles. The maximum atomic E-state index is 12.5. The first-order chi connectivity index (χ1) is 12.3. The molecule has 0 fully saturated rings. The lowest BCUT2D eigenvalue weighted by Crippen LogP contribution is -2.36. The van der Waals surface area contributed by atoms with E-state index in [1.165, 1.54) is 28.2 Å². The molecule has 0 aliphatic carbocycles. The summed E-state index contributed by atoms with van der Waals surface area (Å²) < 4.78 is 26.2. The zero-order chi connectivity index (χ0) is 19.2. The summed E-state index contributed by atoms with van der Waals surface area (Å²) >= 11 is 1.74. The molecule has 0 atom stereocenters. The van der Waals surface area contributed by atoms with Crippen molar-refractivity contribution in [3.8, 4) is 0 Å². The second-order valence-corrected chi connectivity index (χ2v) is 9.45. The summed E-state index contributed by atoms with van der Waals surface area (Å²) in [7, 11) is -0.432. The molecule has 9 heteroatoms. The van der Waals surface area contributed by atoms with Crippen LogP contribution in [0.4, 0.5) is 0 Å². The van der Waals surface area contributed by atoms with E-state index in [1.807, 2.05) is 13.0 Å². The molecule has 0 radical (unpaired) electrons. The van der Waals surface area contributed by atoms with E-state index in [4.69, 9.17) is 0 Å². The Morgan fingerprint density at radius 1 is 1.15 bits per heavy atom. The van der Waals surface area contributed by atoms with Gasteiger partial charge >= 0.3 is 0 Å². The van der Waals surface area contributed by atoms with Crippen LogP contribution in [0.25, 0.3) is 0 Å². The van der Waals surface area contributed by atoms with E-state index in [0.29, 0.717) is 23.0 Å². The Hall–Kier alpha value is -1.17. The van der Waals surface area contributed by atoms with Gasteiger partial charge < -0.3 is 10.6 Å². The molecular formula is C18H27IN4O2S2. The van der Waals surface area contributed by atoms with Gasteiger partial charge in [0.15, 0.2) is 5.96 Å². The number of hydrogen-bond donors (Lipinski definition) is 2. The third-order valence-corrected chi connectivity index (χ3v) is 6.63. The van der Waals surface area contributed by atoms with Crippen LogP contribution in [0.3, 0.4) is 0 Å². The number of benzene rings is 1. The zero-order valence-electron chi connectivity index (χ0n) is 16.0. The van der Waals surface area contributed by atoms with Crippen LogP contribution in [0.1, 0.15) is 22.2 Å². The molecule has 0 aliphatic rings. The van der Waals surface area contributed by atoms with Gasteiger partial charge in [-0.1, -0.05) is 18.2 Å². The molecule has 0 bridgehead atoms. The molecule has 1 heterocycles. The first-order valence-corrected chi connectivity index (χ1v) is 10.7. The van der Waals surface area contributed by atoms with E-state index in [1.54, 1.807) is 29.5 Å². The summed E-state index contributed by atoms with van der Waals surface area (Å²) in [4.78, 5) is 7.34. The van der Waals surface area contributed by atoms with Crippen molar-refractivity contribution in [2.45, 2.75) is 31.8 Å². The molecule has 0 amide bonds. The Balaban J connectivity index is 0.00000364. The molecule has 2 rings (SSSR count). The molecule has 0 unspecified atom stereocenters. The fourth-order valence-corrected chi connectivity index (χ4v) is 4.28. The molecule has 27 heavy (non-hydrogen) atoms. The molecule has 1 aromatic carbocycles. The van der Waals surface area contributed by atoms with Gasteiger partial charge in [-0.05, 0) is 37.6 Å². The Morgan fingerprint density at radius 3 is 2.44 bits per heavy atom. The Bertz CT molecular complexity index is 864. The average molecular weight is 522 g/mol. The number of nitrogens with one attached hydrogen (secondary N) is 2. The largest absolute Gasteiger partial charge is 0.357 e. The summed E-state index contributed by atoms with van der Waals surface area (Å²) in [6, 6.07) is 11.2. The number of guanidine groups is 1. The number of aryl methyl sites for hydroxylation is 1. The lowest BCUT2D eigenvalue weighted by atomic mass is 10.2. The molecule has 2 aromatic rings. The third kappa shape index (κ3) is 6.74. The van der Waals surface area contributed by atoms with Gasteiger partial charge in [-0.15, -0.1) is 35.3 Å². The summed E-state index contributed by atoms with van der Waals surface area (Å²) in [6.45, 7) is 5.77. The molecule has 0 saturated heterocycles. The second kappa shape index (κ2) is 11.0. The molecule has 0 aliphatic heterocycles. The Labute approximate surface area is 183 Å². The van der Waals surface area contributed by atoms with E-state index in [9.17, 15) is 8.42 Å². The highest BCUT2D eigenvalue weighted by Gasteiger charge is 2.20. The van der Waals surface area contributed by atoms with Crippen LogP contribution in [-0.2, 0) is 23.1 Å². The van der Waals surface area contributed by atoms with Crippen molar-refractivity contribution in [2.24, 2.45) is 4.99 Å². The first-order valence-electron chi connectivity index (χ1n) is 8.42. The van der Waals surface area contributed by atoms with Crippen molar-refractivity contribution >= 4 is 51.3 Å². The van der Waals surface area contributed by atoms with E-state index >= 15 is 0 Å². The number of nitrogens with zero attached hydrogens (tertiary/aromatic N) is 2. The van der Waals surface area contributed by atoms with Gasteiger partial charge in [0, 0.05) is 30.4 Å². The van der Waals surface area contributed by atoms with Crippen LogP contribution in [0.2, 0.25) is 0 Å². The average Bonchev–Trinajstić information content (AvgIpc) is 3.03. The maximum Gasteiger partial charge on any atom is 0.242 e. The number of aliphatic imine (C=N–C) groups is 1. The number of sulfonamides is 1. The molecule has 6 nitrogen and oxygen atoms in total. The van der Waals surface area contributed by atoms with Gasteiger partial charge in [-0.2, -0.15) is 0 Å². The number of hydrogen-bond acceptors (Lipinski definition) is 4. The maximum absolute atomic E-state index is 12.5. The zero-order valence-corrected chi connectivity index (χ0v) is 20.0. The summed E-state index contributed by atoms with van der Waals surface area (Å²) in [5.41, 5.74) is 0.672. The summed E-state index contributed by atoms with van der Waals surface area (Å²) in [5, 5.41) is 6.49. The fourth-order valence-electron chi connectivity index (χ4n) is 2.34. The minimum absolute atomic E-state index is 0. The predicted molar refractivity (Wildman–Crippen MR) is 123 cm³/mol. The van der Waals surface area contributed by atoms with Crippen molar-refractivity contribution in [2.75, 3.05) is 20.6 Å². The van der Waals surface area contributed by atoms with E-state index in [-0.39, 0.29) is 30.5 Å². The number of thiophene rings is 1. The van der Waals surface area contributed by atoms with Crippen molar-refractivity contribution in [1.29, 1.82) is 0 Å². The predicted octanol–water partition coefficient (Wildman–Crippen LogP) is 3.18. The summed E-state index contributed by atoms with van der Waals surface area (Å²) in [6.07, 6.45) is 0. The summed E-state index contributed by atoms with van der Waals surface area (Å²) in [5.74, 6) is 0.663. The monoisotopic (exact) mass is 522 g/mol. The minimum Gasteiger partial charge on any atom is -0.357 e. The van der Waals surface area contributed by atoms with E-state index in [2.05, 4.69) is 34.7 Å². The quantitative estimate of drug-likeness (QED) is 0.333. The second-order valence-electron chi connectivity index (χ2n) is 5.96. The Kier molecular flexibility index (Phi) is 9.71. The van der Waals surface area contributed by atoms with Crippen molar-refractivity contribution in [3.05, 3.63) is 51.7 Å². The molecule has 2 N–H and O–H groups in total.